The summed E-state index contributed by atoms with van der Waals surface area (Å²) in [6.45, 7) is 3.53. The summed E-state index contributed by atoms with van der Waals surface area (Å²) in [6, 6.07) is 7.52. The Morgan fingerprint density at radius 2 is 2.09 bits per heavy atom. The zero-order valence-corrected chi connectivity index (χ0v) is 14.7. The maximum absolute atomic E-state index is 11.8. The first-order chi connectivity index (χ1) is 11.2. The standard InChI is InChI=1S/C17H20ClNO3S/c1-2-3-8-21-9-10-22-16(20)11-13-12-23-17(19-13)14-6-4-5-7-15(14)18/h4-7,12H,2-3,8-11H2,1H3. The van der Waals surface area contributed by atoms with Gasteiger partial charge in [-0.15, -0.1) is 11.3 Å². The number of hydrogen-bond acceptors (Lipinski definition) is 5. The molecule has 0 saturated carbocycles. The molecule has 0 fully saturated rings. The fraction of sp³-hybridized carbons (Fsp3) is 0.412. The minimum Gasteiger partial charge on any atom is -0.463 e. The van der Waals surface area contributed by atoms with Gasteiger partial charge in [-0.1, -0.05) is 43.1 Å². The van der Waals surface area contributed by atoms with E-state index in [0.717, 1.165) is 23.4 Å². The average molecular weight is 354 g/mol. The molecule has 0 unspecified atom stereocenters. The number of carbonyl (C=O) groups is 1. The zero-order valence-electron chi connectivity index (χ0n) is 13.1. The Hall–Kier alpha value is -1.43. The van der Waals surface area contributed by atoms with Crippen LogP contribution < -0.4 is 0 Å². The fourth-order valence-electron chi connectivity index (χ4n) is 1.91. The van der Waals surface area contributed by atoms with Crippen LogP contribution in [0.2, 0.25) is 5.02 Å². The molecule has 0 amide bonds. The number of ether oxygens (including phenoxy) is 2. The van der Waals surface area contributed by atoms with Crippen LogP contribution in [0.5, 0.6) is 0 Å². The highest BCUT2D eigenvalue weighted by Crippen LogP contribution is 2.30. The van der Waals surface area contributed by atoms with Gasteiger partial charge in [0.1, 0.15) is 11.6 Å². The molecule has 0 bridgehead atoms. The van der Waals surface area contributed by atoms with Crippen molar-refractivity contribution in [2.45, 2.75) is 26.2 Å². The molecular weight excluding hydrogens is 334 g/mol. The highest BCUT2D eigenvalue weighted by molar-refractivity contribution is 7.13. The lowest BCUT2D eigenvalue weighted by molar-refractivity contribution is -0.144. The number of esters is 1. The first-order valence-electron chi connectivity index (χ1n) is 7.63. The quantitative estimate of drug-likeness (QED) is 0.496. The number of benzene rings is 1. The Morgan fingerprint density at radius 3 is 2.87 bits per heavy atom. The smallest absolute Gasteiger partial charge is 0.311 e. The molecule has 0 aliphatic carbocycles. The van der Waals surface area contributed by atoms with Gasteiger partial charge in [-0.25, -0.2) is 4.98 Å². The number of hydrogen-bond donors (Lipinski definition) is 0. The van der Waals surface area contributed by atoms with Gasteiger partial charge in [0.25, 0.3) is 0 Å². The number of thiazole rings is 1. The molecule has 1 aromatic heterocycles. The lowest BCUT2D eigenvalue weighted by atomic mass is 10.2. The lowest BCUT2D eigenvalue weighted by Gasteiger charge is -2.04. The van der Waals surface area contributed by atoms with E-state index >= 15 is 0 Å². The second-order valence-electron chi connectivity index (χ2n) is 4.99. The highest BCUT2D eigenvalue weighted by atomic mass is 35.5. The summed E-state index contributed by atoms with van der Waals surface area (Å²) in [6.07, 6.45) is 2.28. The van der Waals surface area contributed by atoms with Crippen LogP contribution in [0.1, 0.15) is 25.5 Å². The van der Waals surface area contributed by atoms with Gasteiger partial charge in [-0.2, -0.15) is 0 Å². The van der Waals surface area contributed by atoms with E-state index in [-0.39, 0.29) is 19.0 Å². The number of halogens is 1. The fourth-order valence-corrected chi connectivity index (χ4v) is 3.05. The predicted octanol–water partition coefficient (Wildman–Crippen LogP) is 4.37. The molecule has 0 aliphatic rings. The van der Waals surface area contributed by atoms with E-state index in [9.17, 15) is 4.79 Å². The van der Waals surface area contributed by atoms with Crippen LogP contribution in [0.3, 0.4) is 0 Å². The van der Waals surface area contributed by atoms with Crippen LogP contribution in [0.25, 0.3) is 10.6 Å². The Balaban J connectivity index is 1.78. The summed E-state index contributed by atoms with van der Waals surface area (Å²) >= 11 is 7.62. The number of unbranched alkanes of at least 4 members (excludes halogenated alkanes) is 1. The number of carbonyl (C=O) groups excluding carboxylic acids is 1. The van der Waals surface area contributed by atoms with Crippen molar-refractivity contribution in [2.24, 2.45) is 0 Å². The van der Waals surface area contributed by atoms with Crippen molar-refractivity contribution in [3.63, 3.8) is 0 Å². The number of nitrogens with zero attached hydrogens (tertiary/aromatic N) is 1. The molecular formula is C17H20ClNO3S. The van der Waals surface area contributed by atoms with Gasteiger partial charge in [0.05, 0.1) is 23.7 Å². The first kappa shape index (κ1) is 17.9. The average Bonchev–Trinajstić information content (AvgIpc) is 2.99. The Labute approximate surface area is 145 Å². The molecule has 23 heavy (non-hydrogen) atoms. The molecule has 1 heterocycles. The third kappa shape index (κ3) is 5.94. The summed E-state index contributed by atoms with van der Waals surface area (Å²) in [7, 11) is 0. The van der Waals surface area contributed by atoms with Crippen molar-refractivity contribution < 1.29 is 14.3 Å². The number of aromatic nitrogens is 1. The van der Waals surface area contributed by atoms with Gasteiger partial charge in [-0.3, -0.25) is 4.79 Å². The van der Waals surface area contributed by atoms with Crippen LogP contribution in [0.4, 0.5) is 0 Å². The molecule has 0 aliphatic heterocycles. The number of rotatable bonds is 9. The van der Waals surface area contributed by atoms with Crippen molar-refractivity contribution in [1.29, 1.82) is 0 Å². The maximum Gasteiger partial charge on any atom is 0.311 e. The molecule has 2 aromatic rings. The van der Waals surface area contributed by atoms with Gasteiger partial charge >= 0.3 is 5.97 Å². The Kier molecular flexibility index (Phi) is 7.52. The van der Waals surface area contributed by atoms with Crippen molar-refractivity contribution in [2.75, 3.05) is 19.8 Å². The molecule has 4 nitrogen and oxygen atoms in total. The SMILES string of the molecule is CCCCOCCOC(=O)Cc1csc(-c2ccccc2Cl)n1. The maximum atomic E-state index is 11.8. The van der Waals surface area contributed by atoms with Crippen molar-refractivity contribution in [3.05, 3.63) is 40.4 Å². The minimum atomic E-state index is -0.292. The molecule has 0 spiro atoms. The van der Waals surface area contributed by atoms with E-state index in [4.69, 9.17) is 21.1 Å². The van der Waals surface area contributed by atoms with E-state index in [1.807, 2.05) is 29.6 Å². The van der Waals surface area contributed by atoms with Gasteiger partial charge in [-0.05, 0) is 12.5 Å². The van der Waals surface area contributed by atoms with Crippen LogP contribution in [-0.2, 0) is 20.7 Å². The summed E-state index contributed by atoms with van der Waals surface area (Å²) in [5.41, 5.74) is 1.57. The second kappa shape index (κ2) is 9.65. The zero-order chi connectivity index (χ0) is 16.5. The minimum absolute atomic E-state index is 0.163. The van der Waals surface area contributed by atoms with E-state index in [1.165, 1.54) is 11.3 Å². The van der Waals surface area contributed by atoms with Gasteiger partial charge in [0, 0.05) is 17.6 Å². The normalized spacial score (nSPS) is 10.7. The van der Waals surface area contributed by atoms with Crippen molar-refractivity contribution in [3.8, 4) is 10.6 Å². The molecule has 0 radical (unpaired) electrons. The highest BCUT2D eigenvalue weighted by Gasteiger charge is 2.11. The third-order valence-electron chi connectivity index (χ3n) is 3.11. The largest absolute Gasteiger partial charge is 0.463 e. The Bertz CT molecular complexity index is 630. The monoisotopic (exact) mass is 353 g/mol. The van der Waals surface area contributed by atoms with E-state index < -0.39 is 0 Å². The first-order valence-corrected chi connectivity index (χ1v) is 8.89. The van der Waals surface area contributed by atoms with E-state index in [2.05, 4.69) is 11.9 Å². The van der Waals surface area contributed by atoms with E-state index in [0.29, 0.717) is 23.9 Å². The van der Waals surface area contributed by atoms with E-state index in [1.54, 1.807) is 0 Å². The molecule has 6 heteroatoms. The lowest BCUT2D eigenvalue weighted by Crippen LogP contribution is -2.13. The topological polar surface area (TPSA) is 48.4 Å². The molecule has 124 valence electrons. The summed E-state index contributed by atoms with van der Waals surface area (Å²) in [5, 5.41) is 3.32. The summed E-state index contributed by atoms with van der Waals surface area (Å²) < 4.78 is 10.5. The molecule has 2 rings (SSSR count). The van der Waals surface area contributed by atoms with Crippen LogP contribution >= 0.6 is 22.9 Å². The molecule has 0 N–H and O–H groups in total. The Morgan fingerprint density at radius 1 is 1.26 bits per heavy atom. The van der Waals surface area contributed by atoms with Gasteiger partial charge in [0.2, 0.25) is 0 Å². The molecule has 1 aromatic carbocycles. The second-order valence-corrected chi connectivity index (χ2v) is 6.25. The van der Waals surface area contributed by atoms with Crippen molar-refractivity contribution in [1.82, 2.24) is 4.98 Å². The van der Waals surface area contributed by atoms with Crippen LogP contribution in [0, 0.1) is 0 Å². The van der Waals surface area contributed by atoms with Gasteiger partial charge < -0.3 is 9.47 Å². The molecule has 0 saturated heterocycles. The third-order valence-corrected chi connectivity index (χ3v) is 4.37. The van der Waals surface area contributed by atoms with Crippen LogP contribution in [-0.4, -0.2) is 30.8 Å². The predicted molar refractivity (Wildman–Crippen MR) is 93.0 cm³/mol. The summed E-state index contributed by atoms with van der Waals surface area (Å²) in [5.74, 6) is -0.292. The summed E-state index contributed by atoms with van der Waals surface area (Å²) in [4.78, 5) is 16.2. The van der Waals surface area contributed by atoms with Crippen LogP contribution in [0.15, 0.2) is 29.6 Å². The van der Waals surface area contributed by atoms with Gasteiger partial charge in [0.15, 0.2) is 0 Å². The molecule has 0 atom stereocenters. The van der Waals surface area contributed by atoms with Crippen molar-refractivity contribution >= 4 is 28.9 Å².